The van der Waals surface area contributed by atoms with E-state index >= 15 is 0 Å². The molecule has 0 amide bonds. The van der Waals surface area contributed by atoms with Crippen LogP contribution in [0.2, 0.25) is 0 Å². The Balaban J connectivity index is 1.11. The molecule has 72 heavy (non-hydrogen) atoms. The van der Waals surface area contributed by atoms with E-state index in [9.17, 15) is 10.5 Å². The van der Waals surface area contributed by atoms with E-state index in [1.54, 1.807) is 0 Å². The Morgan fingerprint density at radius 1 is 0.583 bits per heavy atom. The van der Waals surface area contributed by atoms with Crippen molar-refractivity contribution in [3.05, 3.63) is 259 Å². The highest BCUT2D eigenvalue weighted by Crippen LogP contribution is 2.44. The molecule has 11 rings (SSSR count). The molecule has 1 unspecified atom stereocenters. The van der Waals surface area contributed by atoms with Crippen molar-refractivity contribution in [2.75, 3.05) is 9.80 Å². The molecular weight excluding hydrogens is 877 g/mol. The van der Waals surface area contributed by atoms with Gasteiger partial charge in [-0.2, -0.15) is 10.5 Å². The average molecular weight is 927 g/mol. The van der Waals surface area contributed by atoms with Gasteiger partial charge in [-0.15, -0.1) is 0 Å². The number of anilines is 5. The molecule has 0 saturated heterocycles. The molecule has 2 heterocycles. The minimum Gasteiger partial charge on any atom is -0.311 e. The zero-order valence-electron chi connectivity index (χ0n) is 40.4. The van der Waals surface area contributed by atoms with Crippen LogP contribution in [0.15, 0.2) is 236 Å². The van der Waals surface area contributed by atoms with Gasteiger partial charge in [0, 0.05) is 61.7 Å². The number of fused-ring (bicyclic) bond motifs is 6. The highest BCUT2D eigenvalue weighted by Gasteiger charge is 2.26. The van der Waals surface area contributed by atoms with Crippen LogP contribution in [0, 0.1) is 42.4 Å². The lowest BCUT2D eigenvalue weighted by molar-refractivity contribution is 1.04. The van der Waals surface area contributed by atoms with Gasteiger partial charge >= 0.3 is 0 Å². The Bertz CT molecular complexity index is 3900. The summed E-state index contributed by atoms with van der Waals surface area (Å²) in [6, 6.07) is 70.3. The minimum atomic E-state index is -0.701. The summed E-state index contributed by atoms with van der Waals surface area (Å²) in [5, 5.41) is 28.0. The lowest BCUT2D eigenvalue weighted by Crippen LogP contribution is -2.14. The summed E-state index contributed by atoms with van der Waals surface area (Å²) in [6.07, 6.45) is 14.3. The number of aromatic nitrogens is 2. The molecule has 8 aromatic carbocycles. The number of nitriles is 2. The predicted molar refractivity (Wildman–Crippen MR) is 302 cm³/mol. The quantitative estimate of drug-likeness (QED) is 0.121. The van der Waals surface area contributed by atoms with Crippen molar-refractivity contribution < 1.29 is 0 Å². The first-order valence-electron chi connectivity index (χ1n) is 24.2. The first-order valence-corrected chi connectivity index (χ1v) is 24.2. The van der Waals surface area contributed by atoms with Crippen LogP contribution >= 0.6 is 0 Å². The smallest absolute Gasteiger partial charge is 0.101 e. The number of para-hydroxylation sites is 4. The van der Waals surface area contributed by atoms with E-state index in [1.165, 1.54) is 0 Å². The fourth-order valence-electron chi connectivity index (χ4n) is 10.5. The molecule has 0 radical (unpaired) electrons. The molecule has 0 fully saturated rings. The van der Waals surface area contributed by atoms with Gasteiger partial charge in [-0.1, -0.05) is 128 Å². The van der Waals surface area contributed by atoms with Crippen LogP contribution in [-0.4, -0.2) is 9.13 Å². The zero-order valence-corrected chi connectivity index (χ0v) is 40.4. The highest BCUT2D eigenvalue weighted by atomic mass is 15.1. The number of rotatable bonds is 11. The molecule has 6 heteroatoms. The van der Waals surface area contributed by atoms with Gasteiger partial charge in [-0.25, -0.2) is 0 Å². The first-order chi connectivity index (χ1) is 35.4. The molecule has 0 saturated carbocycles. The molecule has 1 aliphatic carbocycles. The van der Waals surface area contributed by atoms with Gasteiger partial charge in [0.05, 0.1) is 39.8 Å². The molecule has 0 N–H and O–H groups in total. The van der Waals surface area contributed by atoms with Gasteiger partial charge < -0.3 is 18.9 Å². The van der Waals surface area contributed by atoms with Crippen LogP contribution in [-0.2, 0) is 0 Å². The number of nitrogens with zero attached hydrogens (tertiary/aromatic N) is 6. The predicted octanol–water partition coefficient (Wildman–Crippen LogP) is 17.4. The summed E-state index contributed by atoms with van der Waals surface area (Å²) in [7, 11) is 0. The van der Waals surface area contributed by atoms with E-state index in [4.69, 9.17) is 0 Å². The van der Waals surface area contributed by atoms with Crippen molar-refractivity contribution >= 4 is 95.5 Å². The summed E-state index contributed by atoms with van der Waals surface area (Å²) < 4.78 is 4.40. The van der Waals surface area contributed by atoms with Gasteiger partial charge in [0.1, 0.15) is 6.07 Å². The normalized spacial score (nSPS) is 13.8. The summed E-state index contributed by atoms with van der Waals surface area (Å²) in [5.74, 6) is -0.701. The van der Waals surface area contributed by atoms with E-state index in [2.05, 4.69) is 209 Å². The number of aryl methyl sites for hydroxylation is 2. The maximum atomic E-state index is 11.5. The Kier molecular flexibility index (Phi) is 11.9. The van der Waals surface area contributed by atoms with Gasteiger partial charge in [0.25, 0.3) is 0 Å². The van der Waals surface area contributed by atoms with Crippen LogP contribution in [0.5, 0.6) is 0 Å². The fourth-order valence-corrected chi connectivity index (χ4v) is 10.5. The van der Waals surface area contributed by atoms with E-state index in [0.29, 0.717) is 11.3 Å². The SMILES string of the molecule is C=C(/C=C\c1c(C)c2c(/C=C\C)c(C)ccc2n1C1=CC(C#N)C=C(n2c3ccc(N(c4ccccc4)c4ccccc4)cc3c3c4ccccc4ccc32)C=C1C#N)N(c1ccccc1)c1ccccc1. The van der Waals surface area contributed by atoms with Gasteiger partial charge in [-0.05, 0) is 157 Å². The van der Waals surface area contributed by atoms with Crippen LogP contribution in [0.1, 0.15) is 29.3 Å². The average Bonchev–Trinajstić information content (AvgIpc) is 3.82. The monoisotopic (exact) mass is 926 g/mol. The number of allylic oxidation sites excluding steroid dienone is 8. The molecule has 344 valence electrons. The Hall–Kier alpha value is -9.62. The third-order valence-corrected chi connectivity index (χ3v) is 13.7. The Morgan fingerprint density at radius 2 is 1.17 bits per heavy atom. The van der Waals surface area contributed by atoms with Crippen LogP contribution < -0.4 is 9.80 Å². The largest absolute Gasteiger partial charge is 0.311 e. The molecule has 1 aliphatic rings. The summed E-state index contributed by atoms with van der Waals surface area (Å²) in [6.45, 7) is 10.9. The molecule has 2 aromatic heterocycles. The van der Waals surface area contributed by atoms with Gasteiger partial charge in [-0.3, -0.25) is 0 Å². The van der Waals surface area contributed by atoms with Crippen molar-refractivity contribution in [1.29, 1.82) is 10.5 Å². The second kappa shape index (κ2) is 19.1. The lowest BCUT2D eigenvalue weighted by atomic mass is 10.00. The summed E-state index contributed by atoms with van der Waals surface area (Å²) >= 11 is 0. The van der Waals surface area contributed by atoms with E-state index in [0.717, 1.165) is 106 Å². The van der Waals surface area contributed by atoms with Gasteiger partial charge in [0.15, 0.2) is 0 Å². The topological polar surface area (TPSA) is 63.9 Å². The minimum absolute atomic E-state index is 0.430. The highest BCUT2D eigenvalue weighted by molar-refractivity contribution is 6.22. The molecule has 0 aliphatic heterocycles. The van der Waals surface area contributed by atoms with Gasteiger partial charge in [0.2, 0.25) is 0 Å². The molecule has 0 spiro atoms. The Morgan fingerprint density at radius 3 is 1.79 bits per heavy atom. The maximum Gasteiger partial charge on any atom is 0.101 e. The summed E-state index contributed by atoms with van der Waals surface area (Å²) in [4.78, 5) is 4.42. The second-order valence-corrected chi connectivity index (χ2v) is 18.1. The third-order valence-electron chi connectivity index (χ3n) is 13.7. The summed E-state index contributed by atoms with van der Waals surface area (Å²) in [5.41, 5.74) is 14.7. The van der Waals surface area contributed by atoms with E-state index in [1.807, 2.05) is 79.8 Å². The number of hydrogen-bond donors (Lipinski definition) is 0. The van der Waals surface area contributed by atoms with Crippen molar-refractivity contribution in [3.63, 3.8) is 0 Å². The van der Waals surface area contributed by atoms with Crippen LogP contribution in [0.3, 0.4) is 0 Å². The van der Waals surface area contributed by atoms with E-state index < -0.39 is 5.92 Å². The van der Waals surface area contributed by atoms with Crippen molar-refractivity contribution in [2.24, 2.45) is 5.92 Å². The number of hydrogen-bond acceptors (Lipinski definition) is 4. The first kappa shape index (κ1) is 44.9. The fraction of sp³-hybridized carbons (Fsp3) is 0.0606. The molecule has 10 aromatic rings. The van der Waals surface area contributed by atoms with Crippen LogP contribution in [0.25, 0.3) is 67.0 Å². The second-order valence-electron chi connectivity index (χ2n) is 18.1. The van der Waals surface area contributed by atoms with Crippen molar-refractivity contribution in [2.45, 2.75) is 20.8 Å². The van der Waals surface area contributed by atoms with Crippen molar-refractivity contribution in [1.82, 2.24) is 9.13 Å². The lowest BCUT2D eigenvalue weighted by Gasteiger charge is -2.25. The van der Waals surface area contributed by atoms with Crippen molar-refractivity contribution in [3.8, 4) is 12.1 Å². The third kappa shape index (κ3) is 7.88. The van der Waals surface area contributed by atoms with E-state index in [-0.39, 0.29) is 0 Å². The maximum absolute atomic E-state index is 11.5. The Labute approximate surface area is 420 Å². The molecule has 1 atom stereocenters. The molecule has 6 nitrogen and oxygen atoms in total. The van der Waals surface area contributed by atoms with Crippen LogP contribution in [0.4, 0.5) is 28.4 Å². The zero-order chi connectivity index (χ0) is 49.3. The molecular formula is C66H50N6. The molecule has 0 bridgehead atoms. The number of benzene rings is 8. The standard InChI is InChI=1S/C66H50N6/c1-5-20-57-45(2)31-35-62-65(57)47(4)60(36-32-46(3)69(51-22-10-6-11-23-51)52-24-12-7-13-25-52)72(62)64-40-48(43-67)39-56(41-50(64)44-68)71-61-38-34-55(70(53-26-14-8-15-27-53)54-28-16-9-17-29-54)42-59(61)66-58-30-19-18-21-49(58)33-37-63(66)71/h5-42,48H,3H2,1-2,4H3/b20-5-,36-32-.